The van der Waals surface area contributed by atoms with E-state index in [0.29, 0.717) is 30.0 Å². The number of amides is 1. The topological polar surface area (TPSA) is 122 Å². The quantitative estimate of drug-likeness (QED) is 0.515. The van der Waals surface area contributed by atoms with E-state index in [1.54, 1.807) is 37.3 Å². The van der Waals surface area contributed by atoms with Gasteiger partial charge in [-0.1, -0.05) is 24.3 Å². The molecule has 1 fully saturated rings. The van der Waals surface area contributed by atoms with E-state index < -0.39 is 26.0 Å². The normalized spacial score (nSPS) is 15.2. The molecule has 2 aromatic rings. The number of anilines is 1. The molecular formula is C22H27N3O6S2. The van der Waals surface area contributed by atoms with Gasteiger partial charge in [-0.05, 0) is 42.3 Å². The minimum absolute atomic E-state index is 0.0488. The van der Waals surface area contributed by atoms with E-state index >= 15 is 0 Å². The first kappa shape index (κ1) is 25.1. The van der Waals surface area contributed by atoms with E-state index in [2.05, 4.69) is 16.6 Å². The predicted octanol–water partition coefficient (Wildman–Crippen LogP) is 1.87. The molecule has 0 spiro atoms. The van der Waals surface area contributed by atoms with Crippen LogP contribution in [0.5, 0.6) is 0 Å². The number of sulfonamides is 2. The Morgan fingerprint density at radius 1 is 1.09 bits per heavy atom. The second-order valence-corrected chi connectivity index (χ2v) is 11.3. The Balaban J connectivity index is 1.74. The summed E-state index contributed by atoms with van der Waals surface area (Å²) in [5.74, 6) is -0.658. The predicted molar refractivity (Wildman–Crippen MR) is 126 cm³/mol. The van der Waals surface area contributed by atoms with Crippen LogP contribution in [0.25, 0.3) is 0 Å². The minimum Gasteiger partial charge on any atom is -0.379 e. The summed E-state index contributed by atoms with van der Waals surface area (Å²) in [5, 5.41) is 2.74. The summed E-state index contributed by atoms with van der Waals surface area (Å²) >= 11 is 0. The Morgan fingerprint density at radius 3 is 2.39 bits per heavy atom. The molecule has 1 amide bonds. The molecule has 1 saturated heterocycles. The lowest BCUT2D eigenvalue weighted by molar-refractivity contribution is 0.0730. The zero-order valence-corrected chi connectivity index (χ0v) is 19.9. The van der Waals surface area contributed by atoms with Gasteiger partial charge in [0.05, 0.1) is 23.9 Å². The zero-order chi connectivity index (χ0) is 24.1. The van der Waals surface area contributed by atoms with Gasteiger partial charge in [0.2, 0.25) is 20.0 Å². The lowest BCUT2D eigenvalue weighted by Gasteiger charge is -2.26. The van der Waals surface area contributed by atoms with Crippen molar-refractivity contribution in [3.05, 3.63) is 71.8 Å². The zero-order valence-electron chi connectivity index (χ0n) is 18.3. The number of nitrogens with one attached hydrogen (secondary N) is 2. The number of morpholine rings is 1. The number of aryl methyl sites for hydroxylation is 1. The number of carbonyl (C=O) groups excluding carboxylic acids is 1. The number of hydrogen-bond donors (Lipinski definition) is 2. The maximum absolute atomic E-state index is 12.9. The summed E-state index contributed by atoms with van der Waals surface area (Å²) in [4.78, 5) is 12.9. The van der Waals surface area contributed by atoms with Gasteiger partial charge in [-0.2, -0.15) is 4.31 Å². The summed E-state index contributed by atoms with van der Waals surface area (Å²) in [6.45, 7) is 6.55. The Hall–Kier alpha value is -2.57. The van der Waals surface area contributed by atoms with Gasteiger partial charge < -0.3 is 10.1 Å². The van der Waals surface area contributed by atoms with Crippen molar-refractivity contribution in [2.24, 2.45) is 0 Å². The number of nitrogens with zero attached hydrogens (tertiary/aromatic N) is 1. The van der Waals surface area contributed by atoms with Crippen LogP contribution in [0.1, 0.15) is 21.5 Å². The number of rotatable bonds is 9. The molecule has 0 saturated carbocycles. The van der Waals surface area contributed by atoms with Gasteiger partial charge in [-0.15, -0.1) is 6.58 Å². The van der Waals surface area contributed by atoms with Crippen LogP contribution in [0.3, 0.4) is 0 Å². The first-order valence-corrected chi connectivity index (χ1v) is 13.4. The third kappa shape index (κ3) is 6.49. The van der Waals surface area contributed by atoms with Gasteiger partial charge in [0.1, 0.15) is 0 Å². The molecular weight excluding hydrogens is 466 g/mol. The molecule has 0 unspecified atom stereocenters. The highest BCUT2D eigenvalue weighted by Gasteiger charge is 2.27. The van der Waals surface area contributed by atoms with Gasteiger partial charge in [-0.25, -0.2) is 21.6 Å². The molecule has 0 aliphatic carbocycles. The Labute approximate surface area is 194 Å². The maximum atomic E-state index is 12.9. The molecule has 1 aliphatic heterocycles. The lowest BCUT2D eigenvalue weighted by atomic mass is 10.1. The molecule has 0 radical (unpaired) electrons. The standard InChI is InChI=1S/C22H27N3O6S2/c1-3-10-23-32(27,28)16-18-5-7-19(8-6-18)24-22(26)21-15-20(9-4-17(21)2)33(29,30)25-11-13-31-14-12-25/h3-9,15,23H,1,10-14,16H2,2H3,(H,24,26). The molecule has 178 valence electrons. The van der Waals surface area contributed by atoms with Crippen LogP contribution in [-0.2, 0) is 30.5 Å². The van der Waals surface area contributed by atoms with Crippen molar-refractivity contribution < 1.29 is 26.4 Å². The van der Waals surface area contributed by atoms with Crippen LogP contribution in [0, 0.1) is 6.92 Å². The van der Waals surface area contributed by atoms with E-state index in [-0.39, 0.29) is 35.8 Å². The SMILES string of the molecule is C=CCNS(=O)(=O)Cc1ccc(NC(=O)c2cc(S(=O)(=O)N3CCOCC3)ccc2C)cc1. The molecule has 3 rings (SSSR count). The van der Waals surface area contributed by atoms with Gasteiger partial charge in [0.25, 0.3) is 5.91 Å². The monoisotopic (exact) mass is 493 g/mol. The van der Waals surface area contributed by atoms with Crippen LogP contribution in [0.15, 0.2) is 60.0 Å². The summed E-state index contributed by atoms with van der Waals surface area (Å²) in [5.41, 5.74) is 1.88. The van der Waals surface area contributed by atoms with Crippen LogP contribution in [0.2, 0.25) is 0 Å². The van der Waals surface area contributed by atoms with Crippen molar-refractivity contribution in [3.63, 3.8) is 0 Å². The Bertz CT molecular complexity index is 1220. The van der Waals surface area contributed by atoms with Crippen LogP contribution in [-0.4, -0.2) is 59.9 Å². The second-order valence-electron chi connectivity index (χ2n) is 7.54. The fourth-order valence-electron chi connectivity index (χ4n) is 3.28. The number of carbonyl (C=O) groups is 1. The lowest BCUT2D eigenvalue weighted by Crippen LogP contribution is -2.40. The summed E-state index contributed by atoms with van der Waals surface area (Å²) in [6, 6.07) is 10.9. The first-order valence-electron chi connectivity index (χ1n) is 10.3. The summed E-state index contributed by atoms with van der Waals surface area (Å²) in [7, 11) is -7.22. The molecule has 0 aromatic heterocycles. The summed E-state index contributed by atoms with van der Waals surface area (Å²) < 4.78 is 58.8. The third-order valence-corrected chi connectivity index (χ3v) is 8.29. The largest absolute Gasteiger partial charge is 0.379 e. The number of benzene rings is 2. The molecule has 9 nitrogen and oxygen atoms in total. The molecule has 0 atom stereocenters. The van der Waals surface area contributed by atoms with Crippen molar-refractivity contribution in [1.29, 1.82) is 0 Å². The highest BCUT2D eigenvalue weighted by Crippen LogP contribution is 2.22. The van der Waals surface area contributed by atoms with Crippen molar-refractivity contribution in [1.82, 2.24) is 9.03 Å². The van der Waals surface area contributed by atoms with Gasteiger partial charge in [0.15, 0.2) is 0 Å². The van der Waals surface area contributed by atoms with E-state index in [1.807, 2.05) is 0 Å². The second kappa shape index (κ2) is 10.6. The van der Waals surface area contributed by atoms with Gasteiger partial charge in [-0.3, -0.25) is 4.79 Å². The average molecular weight is 494 g/mol. The Kier molecular flexibility index (Phi) is 8.03. The minimum atomic E-state index is -3.73. The van der Waals surface area contributed by atoms with Gasteiger partial charge in [0, 0.05) is 30.9 Å². The fourth-order valence-corrected chi connectivity index (χ4v) is 5.82. The van der Waals surface area contributed by atoms with Crippen molar-refractivity contribution in [3.8, 4) is 0 Å². The van der Waals surface area contributed by atoms with Crippen molar-refractivity contribution >= 4 is 31.6 Å². The van der Waals surface area contributed by atoms with Crippen molar-refractivity contribution in [2.45, 2.75) is 17.6 Å². The first-order chi connectivity index (χ1) is 15.6. The highest BCUT2D eigenvalue weighted by atomic mass is 32.2. The molecule has 33 heavy (non-hydrogen) atoms. The van der Waals surface area contributed by atoms with Crippen molar-refractivity contribution in [2.75, 3.05) is 38.2 Å². The smallest absolute Gasteiger partial charge is 0.255 e. The molecule has 1 heterocycles. The highest BCUT2D eigenvalue weighted by molar-refractivity contribution is 7.89. The third-order valence-electron chi connectivity index (χ3n) is 5.08. The average Bonchev–Trinajstić information content (AvgIpc) is 2.79. The summed E-state index contributed by atoms with van der Waals surface area (Å²) in [6.07, 6.45) is 1.46. The molecule has 2 aromatic carbocycles. The maximum Gasteiger partial charge on any atom is 0.255 e. The number of hydrogen-bond acceptors (Lipinski definition) is 6. The number of ether oxygens (including phenoxy) is 1. The Morgan fingerprint density at radius 2 is 1.76 bits per heavy atom. The van der Waals surface area contributed by atoms with E-state index in [0.717, 1.165) is 0 Å². The molecule has 2 N–H and O–H groups in total. The van der Waals surface area contributed by atoms with E-state index in [9.17, 15) is 21.6 Å². The van der Waals surface area contributed by atoms with Crippen LogP contribution in [0.4, 0.5) is 5.69 Å². The van der Waals surface area contributed by atoms with Crippen LogP contribution >= 0.6 is 0 Å². The van der Waals surface area contributed by atoms with Gasteiger partial charge >= 0.3 is 0 Å². The fraction of sp³-hybridized carbons (Fsp3) is 0.318. The van der Waals surface area contributed by atoms with E-state index in [1.165, 1.54) is 22.5 Å². The van der Waals surface area contributed by atoms with E-state index in [4.69, 9.17) is 4.74 Å². The molecule has 1 aliphatic rings. The molecule has 0 bridgehead atoms. The van der Waals surface area contributed by atoms with Crippen LogP contribution < -0.4 is 10.0 Å². The molecule has 11 heteroatoms.